The van der Waals surface area contributed by atoms with Crippen LogP contribution in [0, 0.1) is 13.8 Å². The first-order valence-corrected chi connectivity index (χ1v) is 13.5. The molecule has 0 atom stereocenters. The molecule has 0 saturated carbocycles. The van der Waals surface area contributed by atoms with Crippen LogP contribution >= 0.6 is 0 Å². The number of rotatable bonds is 2. The highest BCUT2D eigenvalue weighted by Crippen LogP contribution is 2.25. The molecule has 1 aliphatic rings. The lowest BCUT2D eigenvalue weighted by Gasteiger charge is -2.17. The van der Waals surface area contributed by atoms with Crippen molar-refractivity contribution in [3.63, 3.8) is 0 Å². The van der Waals surface area contributed by atoms with Gasteiger partial charge in [0.2, 0.25) is 11.8 Å². The molecule has 0 fully saturated rings. The van der Waals surface area contributed by atoms with Crippen molar-refractivity contribution in [2.45, 2.75) is 26.7 Å². The SMILES string of the molecule is Cc1ccc2c(c1)C(c1ccccc1)=NCCC(=O)Nc1ccc(C)cc1C(c1ccccc1)=NCCC(=O)N2. The summed E-state index contributed by atoms with van der Waals surface area (Å²) in [6, 6.07) is 31.5. The maximum atomic E-state index is 13.2. The van der Waals surface area contributed by atoms with Crippen molar-refractivity contribution in [1.82, 2.24) is 0 Å². The standard InChI is InChI=1S/C34H32N4O2/c1-23-13-15-29-27(21-23)33(25-9-5-3-6-10-25)35-19-17-32(40)38-30-16-14-24(2)22-28(30)34(26-11-7-4-8-12-26)36-20-18-31(39)37-29/h3-16,21-22H,17-20H2,1-2H3,(H,37,39)(H,38,40). The normalized spacial score (nSPS) is 14.7. The zero-order valence-corrected chi connectivity index (χ0v) is 22.8. The van der Waals surface area contributed by atoms with E-state index in [1.165, 1.54) is 0 Å². The molecular weight excluding hydrogens is 496 g/mol. The number of hydrogen-bond acceptors (Lipinski definition) is 4. The molecule has 1 heterocycles. The Morgan fingerprint density at radius 3 is 1.35 bits per heavy atom. The third kappa shape index (κ3) is 6.41. The predicted molar refractivity (Wildman–Crippen MR) is 163 cm³/mol. The van der Waals surface area contributed by atoms with Crippen molar-refractivity contribution in [2.24, 2.45) is 9.98 Å². The summed E-state index contributed by atoms with van der Waals surface area (Å²) < 4.78 is 0. The lowest BCUT2D eigenvalue weighted by molar-refractivity contribution is -0.116. The highest BCUT2D eigenvalue weighted by atomic mass is 16.2. The van der Waals surface area contributed by atoms with E-state index in [2.05, 4.69) is 10.6 Å². The molecule has 0 aromatic heterocycles. The second-order valence-electron chi connectivity index (χ2n) is 9.89. The number of aliphatic imine (C=N–C) groups is 2. The Balaban J connectivity index is 1.58. The van der Waals surface area contributed by atoms with Gasteiger partial charge in [-0.05, 0) is 38.1 Å². The minimum Gasteiger partial charge on any atom is -0.325 e. The van der Waals surface area contributed by atoms with Crippen molar-refractivity contribution in [3.05, 3.63) is 130 Å². The molecular formula is C34H32N4O2. The van der Waals surface area contributed by atoms with E-state index >= 15 is 0 Å². The number of nitrogens with one attached hydrogen (secondary N) is 2. The van der Waals surface area contributed by atoms with Crippen LogP contribution in [0.5, 0.6) is 0 Å². The molecule has 0 radical (unpaired) electrons. The van der Waals surface area contributed by atoms with Crippen molar-refractivity contribution < 1.29 is 9.59 Å². The minimum absolute atomic E-state index is 0.126. The Morgan fingerprint density at radius 1 is 0.550 bits per heavy atom. The molecule has 6 heteroatoms. The summed E-state index contributed by atoms with van der Waals surface area (Å²) in [4.78, 5) is 36.1. The Bertz CT molecular complexity index is 1470. The lowest BCUT2D eigenvalue weighted by Crippen LogP contribution is -2.19. The first kappa shape index (κ1) is 26.8. The molecule has 200 valence electrons. The smallest absolute Gasteiger partial charge is 0.226 e. The van der Waals surface area contributed by atoms with Crippen LogP contribution in [0.25, 0.3) is 0 Å². The topological polar surface area (TPSA) is 82.9 Å². The Hall–Kier alpha value is -4.84. The van der Waals surface area contributed by atoms with Crippen LogP contribution in [0.2, 0.25) is 0 Å². The van der Waals surface area contributed by atoms with Gasteiger partial charge in [-0.2, -0.15) is 0 Å². The van der Waals surface area contributed by atoms with Gasteiger partial charge in [-0.3, -0.25) is 19.6 Å². The van der Waals surface area contributed by atoms with Gasteiger partial charge < -0.3 is 10.6 Å². The van der Waals surface area contributed by atoms with Gasteiger partial charge in [0, 0.05) is 48.2 Å². The second kappa shape index (κ2) is 12.3. The summed E-state index contributed by atoms with van der Waals surface area (Å²) in [5.74, 6) is -0.253. The van der Waals surface area contributed by atoms with E-state index in [0.29, 0.717) is 11.4 Å². The van der Waals surface area contributed by atoms with Crippen molar-refractivity contribution in [1.29, 1.82) is 0 Å². The third-order valence-corrected chi connectivity index (χ3v) is 6.72. The first-order valence-electron chi connectivity index (χ1n) is 13.5. The molecule has 1 aliphatic heterocycles. The summed E-state index contributed by atoms with van der Waals surface area (Å²) >= 11 is 0. The summed E-state index contributed by atoms with van der Waals surface area (Å²) in [7, 11) is 0. The molecule has 0 bridgehead atoms. The number of benzene rings is 4. The lowest BCUT2D eigenvalue weighted by atomic mass is 9.98. The van der Waals surface area contributed by atoms with Gasteiger partial charge in [0.25, 0.3) is 0 Å². The van der Waals surface area contributed by atoms with Gasteiger partial charge in [-0.1, -0.05) is 83.9 Å². The minimum atomic E-state index is -0.126. The highest BCUT2D eigenvalue weighted by molar-refractivity contribution is 6.18. The molecule has 0 aliphatic carbocycles. The third-order valence-electron chi connectivity index (χ3n) is 6.72. The Labute approximate surface area is 234 Å². The van der Waals surface area contributed by atoms with Gasteiger partial charge in [0.15, 0.2) is 0 Å². The zero-order valence-electron chi connectivity index (χ0n) is 22.8. The van der Waals surface area contributed by atoms with Crippen LogP contribution in [0.4, 0.5) is 11.4 Å². The molecule has 2 amide bonds. The predicted octanol–water partition coefficient (Wildman–Crippen LogP) is 6.35. The van der Waals surface area contributed by atoms with Crippen molar-refractivity contribution in [3.8, 4) is 0 Å². The molecule has 5 rings (SSSR count). The number of hydrogen-bond donors (Lipinski definition) is 2. The quantitative estimate of drug-likeness (QED) is 0.318. The Kier molecular flexibility index (Phi) is 8.26. The average molecular weight is 529 g/mol. The van der Waals surface area contributed by atoms with Gasteiger partial charge in [-0.15, -0.1) is 0 Å². The first-order chi connectivity index (χ1) is 19.5. The highest BCUT2D eigenvalue weighted by Gasteiger charge is 2.18. The van der Waals surface area contributed by atoms with Gasteiger partial charge in [0.05, 0.1) is 22.8 Å². The monoisotopic (exact) mass is 528 g/mol. The van der Waals surface area contributed by atoms with E-state index in [-0.39, 0.29) is 37.7 Å². The summed E-state index contributed by atoms with van der Waals surface area (Å²) in [6.07, 6.45) is 0.407. The molecule has 0 spiro atoms. The number of carbonyl (C=O) groups excluding carboxylic acids is 2. The van der Waals surface area contributed by atoms with Crippen LogP contribution < -0.4 is 10.6 Å². The average Bonchev–Trinajstić information content (AvgIpc) is 2.96. The van der Waals surface area contributed by atoms with Crippen LogP contribution in [0.1, 0.15) is 46.2 Å². The van der Waals surface area contributed by atoms with Crippen molar-refractivity contribution in [2.75, 3.05) is 23.7 Å². The van der Waals surface area contributed by atoms with Gasteiger partial charge >= 0.3 is 0 Å². The molecule has 4 aromatic rings. The van der Waals surface area contributed by atoms with E-state index < -0.39 is 0 Å². The van der Waals surface area contributed by atoms with Crippen LogP contribution in [-0.2, 0) is 9.59 Å². The number of fused-ring (bicyclic) bond motifs is 2. The van der Waals surface area contributed by atoms with E-state index in [1.807, 2.05) is 111 Å². The summed E-state index contributed by atoms with van der Waals surface area (Å²) in [5, 5.41) is 6.19. The maximum absolute atomic E-state index is 13.2. The molecule has 40 heavy (non-hydrogen) atoms. The van der Waals surface area contributed by atoms with Gasteiger partial charge in [-0.25, -0.2) is 0 Å². The fourth-order valence-electron chi connectivity index (χ4n) is 4.75. The van der Waals surface area contributed by atoms with Crippen LogP contribution in [0.3, 0.4) is 0 Å². The fourth-order valence-corrected chi connectivity index (χ4v) is 4.75. The molecule has 6 nitrogen and oxygen atoms in total. The van der Waals surface area contributed by atoms with Gasteiger partial charge in [0.1, 0.15) is 0 Å². The number of amides is 2. The largest absolute Gasteiger partial charge is 0.325 e. The number of carbonyl (C=O) groups is 2. The Morgan fingerprint density at radius 2 is 0.950 bits per heavy atom. The zero-order chi connectivity index (χ0) is 27.9. The van der Waals surface area contributed by atoms with E-state index in [1.54, 1.807) is 0 Å². The summed E-state index contributed by atoms with van der Waals surface area (Å²) in [6.45, 7) is 4.60. The van der Waals surface area contributed by atoms with Crippen LogP contribution in [0.15, 0.2) is 107 Å². The number of anilines is 2. The fraction of sp³-hybridized carbons (Fsp3) is 0.176. The van der Waals surface area contributed by atoms with Crippen LogP contribution in [-0.4, -0.2) is 36.3 Å². The molecule has 0 saturated heterocycles. The molecule has 2 N–H and O–H groups in total. The molecule has 0 unspecified atom stereocenters. The molecule has 4 aromatic carbocycles. The van der Waals surface area contributed by atoms with Crippen molar-refractivity contribution >= 4 is 34.6 Å². The maximum Gasteiger partial charge on any atom is 0.226 e. The number of nitrogens with zero attached hydrogens (tertiary/aromatic N) is 2. The van der Waals surface area contributed by atoms with E-state index in [4.69, 9.17) is 9.98 Å². The van der Waals surface area contributed by atoms with E-state index in [0.717, 1.165) is 44.8 Å². The van der Waals surface area contributed by atoms with E-state index in [9.17, 15) is 9.59 Å². The summed E-state index contributed by atoms with van der Waals surface area (Å²) in [5.41, 5.74) is 8.42. The number of aryl methyl sites for hydroxylation is 2. The second-order valence-corrected chi connectivity index (χ2v) is 9.89.